The van der Waals surface area contributed by atoms with Crippen LogP contribution >= 0.6 is 0 Å². The van der Waals surface area contributed by atoms with E-state index in [-0.39, 0.29) is 12.1 Å². The predicted octanol–water partition coefficient (Wildman–Crippen LogP) is 3.22. The maximum absolute atomic E-state index is 6.12. The second-order valence-electron chi connectivity index (χ2n) is 7.13. The second-order valence-corrected chi connectivity index (χ2v) is 7.13. The van der Waals surface area contributed by atoms with Gasteiger partial charge in [-0.1, -0.05) is 31.1 Å². The highest BCUT2D eigenvalue weighted by Gasteiger charge is 2.27. The van der Waals surface area contributed by atoms with Crippen LogP contribution < -0.4 is 10.1 Å². The van der Waals surface area contributed by atoms with Crippen molar-refractivity contribution in [1.82, 2.24) is 20.4 Å². The molecule has 0 bridgehead atoms. The Morgan fingerprint density at radius 3 is 2.84 bits per heavy atom. The lowest BCUT2D eigenvalue weighted by Crippen LogP contribution is -2.44. The first kappa shape index (κ1) is 17.9. The van der Waals surface area contributed by atoms with Crippen LogP contribution in [-0.2, 0) is 0 Å². The monoisotopic (exact) mass is 344 g/mol. The van der Waals surface area contributed by atoms with E-state index in [1.807, 2.05) is 13.8 Å². The highest BCUT2D eigenvalue weighted by molar-refractivity contribution is 5.38. The van der Waals surface area contributed by atoms with Gasteiger partial charge in [0, 0.05) is 19.6 Å². The van der Waals surface area contributed by atoms with Crippen LogP contribution in [0, 0.1) is 6.92 Å². The lowest BCUT2D eigenvalue weighted by atomic mass is 10.0. The van der Waals surface area contributed by atoms with Gasteiger partial charge in [0.2, 0.25) is 0 Å². The molecule has 3 rings (SSSR count). The van der Waals surface area contributed by atoms with Gasteiger partial charge in [0.1, 0.15) is 5.75 Å². The van der Waals surface area contributed by atoms with E-state index >= 15 is 0 Å². The number of benzene rings is 1. The molecule has 25 heavy (non-hydrogen) atoms. The highest BCUT2D eigenvalue weighted by Crippen LogP contribution is 2.29. The minimum Gasteiger partial charge on any atom is -0.481 e. The molecular formula is C19H28N4O2. The number of hydrogen-bond donors (Lipinski definition) is 1. The van der Waals surface area contributed by atoms with Gasteiger partial charge in [0.05, 0.1) is 6.04 Å². The van der Waals surface area contributed by atoms with Gasteiger partial charge in [-0.25, -0.2) is 0 Å². The molecule has 1 aromatic heterocycles. The first-order valence-electron chi connectivity index (χ1n) is 8.97. The number of aryl methyl sites for hydroxylation is 1. The van der Waals surface area contributed by atoms with Crippen LogP contribution in [0.4, 0.5) is 0 Å². The zero-order valence-corrected chi connectivity index (χ0v) is 15.7. The van der Waals surface area contributed by atoms with Crippen LogP contribution in [0.3, 0.4) is 0 Å². The van der Waals surface area contributed by atoms with E-state index in [4.69, 9.17) is 9.26 Å². The van der Waals surface area contributed by atoms with E-state index in [1.165, 1.54) is 5.56 Å². The normalized spacial score (nSPS) is 20.0. The van der Waals surface area contributed by atoms with Crippen LogP contribution in [0.1, 0.15) is 61.7 Å². The zero-order chi connectivity index (χ0) is 18.0. The SMILES string of the molecule is Cc1ccc(C(C)C)cc1OC(C)c1nc(C2CNCCN2C)no1. The molecule has 0 aliphatic carbocycles. The fourth-order valence-corrected chi connectivity index (χ4v) is 2.99. The molecule has 0 saturated carbocycles. The molecule has 136 valence electrons. The van der Waals surface area contributed by atoms with E-state index < -0.39 is 0 Å². The number of hydrogen-bond acceptors (Lipinski definition) is 6. The van der Waals surface area contributed by atoms with Crippen molar-refractivity contribution in [3.05, 3.63) is 41.0 Å². The van der Waals surface area contributed by atoms with Crippen molar-refractivity contribution in [3.63, 3.8) is 0 Å². The van der Waals surface area contributed by atoms with Gasteiger partial charge in [-0.2, -0.15) is 4.98 Å². The van der Waals surface area contributed by atoms with Gasteiger partial charge in [-0.05, 0) is 44.0 Å². The first-order chi connectivity index (χ1) is 12.0. The van der Waals surface area contributed by atoms with Gasteiger partial charge in [0.15, 0.2) is 11.9 Å². The Kier molecular flexibility index (Phi) is 5.39. The Labute approximate surface area is 149 Å². The number of rotatable bonds is 5. The Balaban J connectivity index is 1.74. The first-order valence-corrected chi connectivity index (χ1v) is 8.97. The molecule has 1 aliphatic heterocycles. The van der Waals surface area contributed by atoms with E-state index in [0.29, 0.717) is 17.6 Å². The smallest absolute Gasteiger partial charge is 0.267 e. The maximum Gasteiger partial charge on any atom is 0.267 e. The summed E-state index contributed by atoms with van der Waals surface area (Å²) in [4.78, 5) is 6.83. The summed E-state index contributed by atoms with van der Waals surface area (Å²) in [7, 11) is 2.09. The van der Waals surface area contributed by atoms with Crippen molar-refractivity contribution in [2.45, 2.75) is 45.8 Å². The number of likely N-dealkylation sites (N-methyl/N-ethyl adjacent to an activating group) is 1. The molecule has 6 heteroatoms. The average molecular weight is 344 g/mol. The van der Waals surface area contributed by atoms with Crippen molar-refractivity contribution >= 4 is 0 Å². The lowest BCUT2D eigenvalue weighted by molar-refractivity contribution is 0.172. The summed E-state index contributed by atoms with van der Waals surface area (Å²) in [6.07, 6.45) is -0.288. The van der Waals surface area contributed by atoms with Crippen LogP contribution in [0.2, 0.25) is 0 Å². The largest absolute Gasteiger partial charge is 0.481 e. The van der Waals surface area contributed by atoms with Gasteiger partial charge >= 0.3 is 0 Å². The molecule has 2 atom stereocenters. The van der Waals surface area contributed by atoms with Crippen molar-refractivity contribution < 1.29 is 9.26 Å². The van der Waals surface area contributed by atoms with E-state index in [0.717, 1.165) is 30.9 Å². The summed E-state index contributed by atoms with van der Waals surface area (Å²) in [6, 6.07) is 6.49. The van der Waals surface area contributed by atoms with Gasteiger partial charge < -0.3 is 14.6 Å². The fourth-order valence-electron chi connectivity index (χ4n) is 2.99. The topological polar surface area (TPSA) is 63.4 Å². The molecule has 0 radical (unpaired) electrons. The minimum absolute atomic E-state index is 0.143. The summed E-state index contributed by atoms with van der Waals surface area (Å²) in [6.45, 7) is 11.1. The molecule has 1 aromatic carbocycles. The zero-order valence-electron chi connectivity index (χ0n) is 15.7. The summed E-state index contributed by atoms with van der Waals surface area (Å²) in [5.74, 6) is 2.56. The van der Waals surface area contributed by atoms with Gasteiger partial charge in [0.25, 0.3) is 5.89 Å². The average Bonchev–Trinajstić information content (AvgIpc) is 3.07. The molecule has 6 nitrogen and oxygen atoms in total. The summed E-state index contributed by atoms with van der Waals surface area (Å²) >= 11 is 0. The van der Waals surface area contributed by atoms with Crippen LogP contribution in [0.5, 0.6) is 5.75 Å². The number of nitrogens with one attached hydrogen (secondary N) is 1. The lowest BCUT2D eigenvalue weighted by Gasteiger charge is -2.30. The standard InChI is InChI=1S/C19H28N4O2/c1-12(2)15-7-6-13(3)17(10-15)24-14(4)19-21-18(22-25-19)16-11-20-8-9-23(16)5/h6-7,10,12,14,16,20H,8-9,11H2,1-5H3. The molecule has 1 saturated heterocycles. The third-order valence-electron chi connectivity index (χ3n) is 4.80. The molecule has 2 aromatic rings. The molecule has 0 spiro atoms. The van der Waals surface area contributed by atoms with Gasteiger partial charge in [-0.15, -0.1) is 0 Å². The van der Waals surface area contributed by atoms with E-state index in [2.05, 4.69) is 59.5 Å². The molecular weight excluding hydrogens is 316 g/mol. The van der Waals surface area contributed by atoms with Crippen molar-refractivity contribution in [2.24, 2.45) is 0 Å². The van der Waals surface area contributed by atoms with E-state index in [1.54, 1.807) is 0 Å². The summed E-state index contributed by atoms with van der Waals surface area (Å²) in [5, 5.41) is 7.55. The third kappa shape index (κ3) is 4.02. The second kappa shape index (κ2) is 7.54. The van der Waals surface area contributed by atoms with Crippen molar-refractivity contribution in [3.8, 4) is 5.75 Å². The Hall–Kier alpha value is -1.92. The number of piperazine rings is 1. The summed E-state index contributed by atoms with van der Waals surface area (Å²) < 4.78 is 11.6. The maximum atomic E-state index is 6.12. The third-order valence-corrected chi connectivity index (χ3v) is 4.80. The van der Waals surface area contributed by atoms with E-state index in [9.17, 15) is 0 Å². The Bertz CT molecular complexity index is 713. The fraction of sp³-hybridized carbons (Fsp3) is 0.579. The van der Waals surface area contributed by atoms with Crippen molar-refractivity contribution in [1.29, 1.82) is 0 Å². The predicted molar refractivity (Wildman–Crippen MR) is 96.8 cm³/mol. The van der Waals surface area contributed by atoms with Crippen LogP contribution in [-0.4, -0.2) is 41.7 Å². The molecule has 2 unspecified atom stereocenters. The number of aromatic nitrogens is 2. The van der Waals surface area contributed by atoms with Crippen LogP contribution in [0.25, 0.3) is 0 Å². The highest BCUT2D eigenvalue weighted by atomic mass is 16.5. The quantitative estimate of drug-likeness (QED) is 0.898. The Morgan fingerprint density at radius 1 is 1.32 bits per heavy atom. The number of ether oxygens (including phenoxy) is 1. The van der Waals surface area contributed by atoms with Crippen molar-refractivity contribution in [2.75, 3.05) is 26.7 Å². The number of nitrogens with zero attached hydrogens (tertiary/aromatic N) is 3. The molecule has 1 fully saturated rings. The van der Waals surface area contributed by atoms with Gasteiger partial charge in [-0.3, -0.25) is 4.90 Å². The molecule has 1 N–H and O–H groups in total. The molecule has 2 heterocycles. The summed E-state index contributed by atoms with van der Waals surface area (Å²) in [5.41, 5.74) is 2.36. The molecule has 1 aliphatic rings. The Morgan fingerprint density at radius 2 is 2.12 bits per heavy atom. The minimum atomic E-state index is -0.288. The van der Waals surface area contributed by atoms with Crippen LogP contribution in [0.15, 0.2) is 22.7 Å². The molecule has 0 amide bonds.